The highest BCUT2D eigenvalue weighted by atomic mass is 32.2. The SMILES string of the molecule is CC(=O)SCCC#Cc1c(F)c(F)c(F)c(F)c1F. The van der Waals surface area contributed by atoms with Gasteiger partial charge in [0.25, 0.3) is 0 Å². The molecule has 0 amide bonds. The van der Waals surface area contributed by atoms with Gasteiger partial charge in [-0.2, -0.15) is 0 Å². The predicted molar refractivity (Wildman–Crippen MR) is 60.9 cm³/mol. The Labute approximate surface area is 110 Å². The average molecular weight is 294 g/mol. The first-order valence-electron chi connectivity index (χ1n) is 5.00. The number of carbonyl (C=O) groups excluding carboxylic acids is 1. The molecule has 0 N–H and O–H groups in total. The molecule has 1 aromatic carbocycles. The number of hydrogen-bond donors (Lipinski definition) is 0. The predicted octanol–water partition coefficient (Wildman–Crippen LogP) is 3.40. The summed E-state index contributed by atoms with van der Waals surface area (Å²) in [5.41, 5.74) is -1.16. The summed E-state index contributed by atoms with van der Waals surface area (Å²) in [6.07, 6.45) is 0.0870. The third-order valence-corrected chi connectivity index (χ3v) is 2.77. The van der Waals surface area contributed by atoms with E-state index in [9.17, 15) is 26.7 Å². The van der Waals surface area contributed by atoms with Gasteiger partial charge in [0.2, 0.25) is 5.82 Å². The Morgan fingerprint density at radius 2 is 1.47 bits per heavy atom. The molecule has 0 unspecified atom stereocenters. The van der Waals surface area contributed by atoms with Crippen molar-refractivity contribution in [2.45, 2.75) is 13.3 Å². The van der Waals surface area contributed by atoms with Gasteiger partial charge in [0.1, 0.15) is 5.56 Å². The van der Waals surface area contributed by atoms with Crippen LogP contribution in [0.25, 0.3) is 0 Å². The highest BCUT2D eigenvalue weighted by Crippen LogP contribution is 2.22. The molecule has 0 aliphatic carbocycles. The van der Waals surface area contributed by atoms with Gasteiger partial charge >= 0.3 is 0 Å². The molecule has 0 spiro atoms. The third kappa shape index (κ3) is 3.70. The van der Waals surface area contributed by atoms with Gasteiger partial charge in [0.05, 0.1) is 0 Å². The summed E-state index contributed by atoms with van der Waals surface area (Å²) in [5.74, 6) is -5.76. The second kappa shape index (κ2) is 6.57. The van der Waals surface area contributed by atoms with Crippen LogP contribution in [0.2, 0.25) is 0 Å². The summed E-state index contributed by atoms with van der Waals surface area (Å²) >= 11 is 0.947. The zero-order valence-corrected chi connectivity index (χ0v) is 10.4. The summed E-state index contributed by atoms with van der Waals surface area (Å²) in [4.78, 5) is 10.6. The normalized spacial score (nSPS) is 10.0. The number of thioether (sulfide) groups is 1. The van der Waals surface area contributed by atoms with Gasteiger partial charge in [-0.3, -0.25) is 4.79 Å². The van der Waals surface area contributed by atoms with Gasteiger partial charge < -0.3 is 0 Å². The Balaban J connectivity index is 2.97. The largest absolute Gasteiger partial charge is 0.288 e. The third-order valence-electron chi connectivity index (χ3n) is 1.96. The second-order valence-electron chi connectivity index (χ2n) is 3.34. The zero-order valence-electron chi connectivity index (χ0n) is 9.62. The second-order valence-corrected chi connectivity index (χ2v) is 4.61. The maximum Gasteiger partial charge on any atom is 0.200 e. The van der Waals surface area contributed by atoms with Gasteiger partial charge in [-0.05, 0) is 0 Å². The van der Waals surface area contributed by atoms with E-state index < -0.39 is 34.6 Å². The van der Waals surface area contributed by atoms with Crippen LogP contribution in [0.3, 0.4) is 0 Å². The molecule has 0 atom stereocenters. The van der Waals surface area contributed by atoms with Gasteiger partial charge in [-0.1, -0.05) is 23.6 Å². The fourth-order valence-corrected chi connectivity index (χ4v) is 1.60. The van der Waals surface area contributed by atoms with E-state index in [1.165, 1.54) is 6.92 Å². The van der Waals surface area contributed by atoms with Crippen molar-refractivity contribution in [2.24, 2.45) is 0 Å². The van der Waals surface area contributed by atoms with Crippen LogP contribution in [-0.4, -0.2) is 10.9 Å². The lowest BCUT2D eigenvalue weighted by atomic mass is 10.1. The number of benzene rings is 1. The summed E-state index contributed by atoms with van der Waals surface area (Å²) in [5, 5.41) is -0.155. The lowest BCUT2D eigenvalue weighted by molar-refractivity contribution is -0.109. The van der Waals surface area contributed by atoms with Crippen molar-refractivity contribution < 1.29 is 26.7 Å². The van der Waals surface area contributed by atoms with Crippen LogP contribution in [0.1, 0.15) is 18.9 Å². The Kier molecular flexibility index (Phi) is 5.36. The van der Waals surface area contributed by atoms with Crippen LogP contribution in [0.15, 0.2) is 0 Å². The van der Waals surface area contributed by atoms with E-state index in [0.29, 0.717) is 0 Å². The van der Waals surface area contributed by atoms with E-state index in [-0.39, 0.29) is 17.3 Å². The molecule has 0 aliphatic heterocycles. The van der Waals surface area contributed by atoms with Crippen molar-refractivity contribution in [1.29, 1.82) is 0 Å². The molecule has 0 aromatic heterocycles. The van der Waals surface area contributed by atoms with Crippen LogP contribution < -0.4 is 0 Å². The Hall–Kier alpha value is -1.55. The van der Waals surface area contributed by atoms with Gasteiger partial charge in [-0.25, -0.2) is 22.0 Å². The molecule has 0 aliphatic rings. The highest BCUT2D eigenvalue weighted by Gasteiger charge is 2.24. The van der Waals surface area contributed by atoms with Gasteiger partial charge in [0, 0.05) is 19.1 Å². The van der Waals surface area contributed by atoms with E-state index in [1.54, 1.807) is 0 Å². The van der Waals surface area contributed by atoms with E-state index in [2.05, 4.69) is 5.92 Å². The van der Waals surface area contributed by atoms with Crippen molar-refractivity contribution in [1.82, 2.24) is 0 Å². The van der Waals surface area contributed by atoms with Crippen molar-refractivity contribution in [3.63, 3.8) is 0 Å². The van der Waals surface area contributed by atoms with Crippen molar-refractivity contribution in [3.8, 4) is 11.8 Å². The summed E-state index contributed by atoms with van der Waals surface area (Å²) in [6.45, 7) is 1.34. The summed E-state index contributed by atoms with van der Waals surface area (Å²) < 4.78 is 64.6. The fraction of sp³-hybridized carbons (Fsp3) is 0.250. The topological polar surface area (TPSA) is 17.1 Å². The molecule has 0 fully saturated rings. The molecule has 0 bridgehead atoms. The van der Waals surface area contributed by atoms with Crippen LogP contribution in [-0.2, 0) is 4.79 Å². The quantitative estimate of drug-likeness (QED) is 0.273. The van der Waals surface area contributed by atoms with Crippen LogP contribution in [0.5, 0.6) is 0 Å². The first kappa shape index (κ1) is 15.5. The van der Waals surface area contributed by atoms with Crippen LogP contribution in [0, 0.1) is 40.9 Å². The summed E-state index contributed by atoms with van der Waals surface area (Å²) in [7, 11) is 0. The minimum Gasteiger partial charge on any atom is -0.288 e. The molecule has 0 saturated carbocycles. The van der Waals surface area contributed by atoms with E-state index >= 15 is 0 Å². The molecule has 1 rings (SSSR count). The average Bonchev–Trinajstić information content (AvgIpc) is 2.37. The van der Waals surface area contributed by atoms with E-state index in [1.807, 2.05) is 5.92 Å². The summed E-state index contributed by atoms with van der Waals surface area (Å²) in [6, 6.07) is 0. The molecule has 7 heteroatoms. The molecule has 0 saturated heterocycles. The lowest BCUT2D eigenvalue weighted by Gasteiger charge is -2.02. The molecule has 0 radical (unpaired) electrons. The number of rotatable bonds is 2. The van der Waals surface area contributed by atoms with Gasteiger partial charge in [-0.15, -0.1) is 0 Å². The molecular weight excluding hydrogens is 287 g/mol. The first-order chi connectivity index (χ1) is 8.86. The molecule has 1 nitrogen and oxygen atoms in total. The van der Waals surface area contributed by atoms with Crippen LogP contribution >= 0.6 is 11.8 Å². The number of carbonyl (C=O) groups is 1. The number of halogens is 5. The molecule has 102 valence electrons. The fourth-order valence-electron chi connectivity index (χ4n) is 1.11. The van der Waals surface area contributed by atoms with Crippen LogP contribution in [0.4, 0.5) is 22.0 Å². The molecule has 1 aromatic rings. The van der Waals surface area contributed by atoms with E-state index in [4.69, 9.17) is 0 Å². The smallest absolute Gasteiger partial charge is 0.200 e. The number of hydrogen-bond acceptors (Lipinski definition) is 2. The minimum absolute atomic E-state index is 0.0870. The maximum atomic E-state index is 13.2. The standard InChI is InChI=1S/C12H7F5OS/c1-6(18)19-5-3-2-4-7-8(13)10(15)12(17)11(16)9(7)14/h3,5H2,1H3. The van der Waals surface area contributed by atoms with Crippen molar-refractivity contribution in [2.75, 3.05) is 5.75 Å². The Bertz CT molecular complexity index is 545. The Morgan fingerprint density at radius 1 is 1.00 bits per heavy atom. The zero-order chi connectivity index (χ0) is 14.6. The maximum absolute atomic E-state index is 13.2. The minimum atomic E-state index is -2.22. The van der Waals surface area contributed by atoms with Crippen molar-refractivity contribution >= 4 is 16.9 Å². The van der Waals surface area contributed by atoms with Crippen molar-refractivity contribution in [3.05, 3.63) is 34.6 Å². The van der Waals surface area contributed by atoms with E-state index in [0.717, 1.165) is 11.8 Å². The highest BCUT2D eigenvalue weighted by molar-refractivity contribution is 8.13. The lowest BCUT2D eigenvalue weighted by Crippen LogP contribution is -2.04. The van der Waals surface area contributed by atoms with Gasteiger partial charge in [0.15, 0.2) is 28.4 Å². The molecular formula is C12H7F5OS. The molecule has 19 heavy (non-hydrogen) atoms. The Morgan fingerprint density at radius 3 is 1.95 bits per heavy atom. The monoisotopic (exact) mass is 294 g/mol. The molecule has 0 heterocycles. The first-order valence-corrected chi connectivity index (χ1v) is 5.98.